The lowest BCUT2D eigenvalue weighted by Gasteiger charge is -2.42. The van der Waals surface area contributed by atoms with E-state index in [1.807, 2.05) is 0 Å². The van der Waals surface area contributed by atoms with Crippen molar-refractivity contribution in [2.45, 2.75) is 169 Å². The molecular formula is C39H70N6O12. The third kappa shape index (κ3) is 16.9. The van der Waals surface area contributed by atoms with E-state index >= 15 is 4.79 Å². The first kappa shape index (κ1) is 53.2. The van der Waals surface area contributed by atoms with E-state index in [-0.39, 0.29) is 41.9 Å². The van der Waals surface area contributed by atoms with Gasteiger partial charge in [-0.2, -0.15) is 0 Å². The average molecular weight is 815 g/mol. The van der Waals surface area contributed by atoms with Gasteiger partial charge in [0.1, 0.15) is 12.1 Å². The van der Waals surface area contributed by atoms with Crippen molar-refractivity contribution in [2.75, 3.05) is 0 Å². The van der Waals surface area contributed by atoms with Gasteiger partial charge < -0.3 is 47.9 Å². The molecule has 0 heterocycles. The van der Waals surface area contributed by atoms with Gasteiger partial charge in [0.15, 0.2) is 5.78 Å². The molecule has 0 aliphatic heterocycles. The molecule has 0 aliphatic carbocycles. The molecule has 0 rings (SSSR count). The number of hydrogen-bond acceptors (Lipinski definition) is 14. The van der Waals surface area contributed by atoms with Gasteiger partial charge in [-0.3, -0.25) is 33.7 Å². The summed E-state index contributed by atoms with van der Waals surface area (Å²) in [6, 6.07) is -6.62. The van der Waals surface area contributed by atoms with Crippen LogP contribution in [0.15, 0.2) is 0 Å². The van der Waals surface area contributed by atoms with E-state index in [0.717, 1.165) is 6.92 Å². The number of Topliss-reactive ketones (excluding diaryl/α,β-unsaturated/α-hetero) is 1. The molecule has 0 aromatic rings. The number of carboxylic acid groups (broad SMARTS) is 1. The van der Waals surface area contributed by atoms with Crippen molar-refractivity contribution >= 4 is 47.3 Å². The average Bonchev–Trinajstić information content (AvgIpc) is 3.05. The summed E-state index contributed by atoms with van der Waals surface area (Å²) in [5, 5.41) is 37.2. The maximum atomic E-state index is 15.2. The first-order chi connectivity index (χ1) is 26.1. The normalized spacial score (nSPS) is 16.6. The van der Waals surface area contributed by atoms with Crippen molar-refractivity contribution in [3.05, 3.63) is 0 Å². The van der Waals surface area contributed by atoms with Crippen LogP contribution in [0.2, 0.25) is 0 Å². The first-order valence-electron chi connectivity index (χ1n) is 19.7. The smallest absolute Gasteiger partial charge is 0.348 e. The van der Waals surface area contributed by atoms with Crippen LogP contribution < -0.4 is 27.8 Å². The van der Waals surface area contributed by atoms with Crippen molar-refractivity contribution in [2.24, 2.45) is 46.8 Å². The van der Waals surface area contributed by atoms with Gasteiger partial charge in [-0.15, -0.1) is 0 Å². The summed E-state index contributed by atoms with van der Waals surface area (Å²) in [7, 11) is 0. The Bertz CT molecular complexity index is 1370. The number of ether oxygens (including phenoxy) is 1. The summed E-state index contributed by atoms with van der Waals surface area (Å²) >= 11 is 0. The summed E-state index contributed by atoms with van der Waals surface area (Å²) in [4.78, 5) is 111. The van der Waals surface area contributed by atoms with Gasteiger partial charge in [-0.25, -0.2) is 9.59 Å². The zero-order chi connectivity index (χ0) is 44.7. The molecule has 0 aromatic heterocycles. The summed E-state index contributed by atoms with van der Waals surface area (Å²) in [5.41, 5.74) is 14.7. The highest BCUT2D eigenvalue weighted by Crippen LogP contribution is 2.32. The zero-order valence-electron chi connectivity index (χ0n) is 35.6. The van der Waals surface area contributed by atoms with Crippen LogP contribution in [0.1, 0.15) is 121 Å². The standard InChI is InChI=1S/C39H70N6O12/c1-19(2)14-25(41)27(46)17-30(49)45(31(50)18-28(47)26(42)15-20(3)4)39(13-12-32(51)52,38(56)57-37(55)24(11)40)35(53)33(22(7)8)44-36(54)34(23(9)10)43-29(48)16-21(5)6/h19-28,33-34,46-47H,12-18,40-42H2,1-11H3,(H,43,48)(H,44,54)(H,51,52)/t24-,25-,26?,27-,28?,33-,34-,39+/m0/s1. The van der Waals surface area contributed by atoms with Crippen molar-refractivity contribution in [1.29, 1.82) is 0 Å². The summed E-state index contributed by atoms with van der Waals surface area (Å²) in [6.07, 6.45) is -7.09. The number of carbonyl (C=O) groups excluding carboxylic acids is 7. The summed E-state index contributed by atoms with van der Waals surface area (Å²) < 4.78 is 5.03. The molecule has 8 atom stereocenters. The Hall–Kier alpha value is -3.84. The minimum absolute atomic E-state index is 0.0595. The highest BCUT2D eigenvalue weighted by Gasteiger charge is 2.60. The molecule has 57 heavy (non-hydrogen) atoms. The van der Waals surface area contributed by atoms with Crippen LogP contribution >= 0.6 is 0 Å². The Labute approximate surface area is 336 Å². The summed E-state index contributed by atoms with van der Waals surface area (Å²) in [5.74, 6) is -12.2. The highest BCUT2D eigenvalue weighted by atomic mass is 16.6. The molecule has 0 saturated heterocycles. The van der Waals surface area contributed by atoms with Crippen LogP contribution in [-0.4, -0.2) is 115 Å². The van der Waals surface area contributed by atoms with E-state index in [1.54, 1.807) is 55.4 Å². The van der Waals surface area contributed by atoms with Crippen molar-refractivity contribution in [3.63, 3.8) is 0 Å². The number of imide groups is 1. The molecule has 0 aliphatic rings. The number of hydrogen-bond donors (Lipinski definition) is 8. The molecule has 0 fully saturated rings. The van der Waals surface area contributed by atoms with E-state index in [2.05, 4.69) is 10.6 Å². The van der Waals surface area contributed by atoms with E-state index in [4.69, 9.17) is 21.9 Å². The number of nitrogens with one attached hydrogen (secondary N) is 2. The molecule has 0 saturated carbocycles. The number of nitrogens with two attached hydrogens (primary N) is 3. The minimum Gasteiger partial charge on any atom is -0.481 e. The molecule has 18 nitrogen and oxygen atoms in total. The number of aliphatic hydroxyl groups is 2. The Morgan fingerprint density at radius 2 is 1.09 bits per heavy atom. The maximum absolute atomic E-state index is 15.2. The fourth-order valence-electron chi connectivity index (χ4n) is 6.18. The molecule has 2 unspecified atom stereocenters. The minimum atomic E-state index is -3.32. The predicted molar refractivity (Wildman–Crippen MR) is 210 cm³/mol. The lowest BCUT2D eigenvalue weighted by molar-refractivity contribution is -0.181. The highest BCUT2D eigenvalue weighted by molar-refractivity contribution is 6.19. The van der Waals surface area contributed by atoms with Crippen LogP contribution in [-0.2, 0) is 43.1 Å². The second-order valence-corrected chi connectivity index (χ2v) is 17.0. The zero-order valence-corrected chi connectivity index (χ0v) is 35.6. The van der Waals surface area contributed by atoms with E-state index in [0.29, 0.717) is 0 Å². The molecule has 0 spiro atoms. The molecule has 11 N–H and O–H groups in total. The van der Waals surface area contributed by atoms with E-state index in [9.17, 15) is 48.9 Å². The number of ketones is 1. The lowest BCUT2D eigenvalue weighted by atomic mass is 9.78. The van der Waals surface area contributed by atoms with Gasteiger partial charge in [0.25, 0.3) is 0 Å². The largest absolute Gasteiger partial charge is 0.481 e. The molecule has 4 amide bonds. The molecule has 0 radical (unpaired) electrons. The van der Waals surface area contributed by atoms with Crippen LogP contribution in [0.3, 0.4) is 0 Å². The fourth-order valence-corrected chi connectivity index (χ4v) is 6.18. The SMILES string of the molecule is CC(C)CC(=O)N[C@H](C(=O)N[C@H](C(=O)[C@](CCC(=O)O)(C(=O)OC(=O)[C@H](C)N)N(C(=O)CC(O)C(N)CC(C)C)C(=O)C[C@H](O)[C@@H](N)CC(C)C)C(C)C)C(C)C. The number of carbonyl (C=O) groups is 8. The number of carboxylic acids is 1. The second-order valence-electron chi connectivity index (χ2n) is 17.0. The third-order valence-corrected chi connectivity index (χ3v) is 9.24. The quantitative estimate of drug-likeness (QED) is 0.0460. The topological polar surface area (TPSA) is 312 Å². The van der Waals surface area contributed by atoms with Crippen LogP contribution in [0, 0.1) is 29.6 Å². The van der Waals surface area contributed by atoms with Gasteiger partial charge in [0.05, 0.1) is 31.1 Å². The molecule has 18 heteroatoms. The Morgan fingerprint density at radius 1 is 0.649 bits per heavy atom. The van der Waals surface area contributed by atoms with Crippen molar-refractivity contribution in [1.82, 2.24) is 15.5 Å². The van der Waals surface area contributed by atoms with Crippen LogP contribution in [0.4, 0.5) is 0 Å². The number of esters is 2. The Kier molecular flexibility index (Phi) is 22.5. The Morgan fingerprint density at radius 3 is 1.44 bits per heavy atom. The van der Waals surface area contributed by atoms with Gasteiger partial charge >= 0.3 is 17.9 Å². The number of aliphatic hydroxyl groups excluding tert-OH is 2. The fraction of sp³-hybridized carbons (Fsp3) is 0.795. The van der Waals surface area contributed by atoms with Gasteiger partial charge in [-0.1, -0.05) is 69.2 Å². The summed E-state index contributed by atoms with van der Waals surface area (Å²) in [6.45, 7) is 18.1. The van der Waals surface area contributed by atoms with Crippen LogP contribution in [0.5, 0.6) is 0 Å². The first-order valence-corrected chi connectivity index (χ1v) is 19.7. The number of nitrogens with zero attached hydrogens (tertiary/aromatic N) is 1. The van der Waals surface area contributed by atoms with E-state index < -0.39 is 133 Å². The molecular weight excluding hydrogens is 744 g/mol. The second kappa shape index (κ2) is 24.2. The monoisotopic (exact) mass is 815 g/mol. The molecule has 0 bridgehead atoms. The van der Waals surface area contributed by atoms with Gasteiger partial charge in [0, 0.05) is 24.9 Å². The lowest BCUT2D eigenvalue weighted by Crippen LogP contribution is -2.70. The number of amides is 4. The number of rotatable bonds is 25. The Balaban J connectivity index is 8.06. The van der Waals surface area contributed by atoms with E-state index in [1.165, 1.54) is 13.8 Å². The number of aliphatic carboxylic acids is 1. The van der Waals surface area contributed by atoms with Gasteiger partial charge in [-0.05, 0) is 55.8 Å². The van der Waals surface area contributed by atoms with Crippen molar-refractivity contribution < 1.29 is 58.4 Å². The van der Waals surface area contributed by atoms with Gasteiger partial charge in [0.2, 0.25) is 29.2 Å². The maximum Gasteiger partial charge on any atom is 0.348 e. The third-order valence-electron chi connectivity index (χ3n) is 9.24. The molecule has 328 valence electrons. The van der Waals surface area contributed by atoms with Crippen LogP contribution in [0.25, 0.3) is 0 Å². The van der Waals surface area contributed by atoms with Crippen molar-refractivity contribution in [3.8, 4) is 0 Å². The molecule has 0 aromatic carbocycles. The predicted octanol–water partition coefficient (Wildman–Crippen LogP) is 0.508.